The monoisotopic (exact) mass is 426 g/mol. The normalized spacial score (nSPS) is 15.2. The lowest BCUT2D eigenvalue weighted by atomic mass is 10.2. The zero-order chi connectivity index (χ0) is 21.1. The maximum atomic E-state index is 6.02. The molecule has 0 saturated carbocycles. The largest absolute Gasteiger partial charge is 0.476 e. The van der Waals surface area contributed by atoms with Crippen LogP contribution >= 0.6 is 11.3 Å². The van der Waals surface area contributed by atoms with Gasteiger partial charge in [-0.15, -0.1) is 11.3 Å². The number of fused-ring (bicyclic) bond motifs is 1. The van der Waals surface area contributed by atoms with E-state index in [4.69, 9.17) is 9.72 Å². The zero-order valence-electron chi connectivity index (χ0n) is 18.2. The molecule has 1 aliphatic heterocycles. The molecule has 7 nitrogen and oxygen atoms in total. The molecule has 3 heterocycles. The molecular weight excluding hydrogens is 396 g/mol. The Hall–Kier alpha value is -2.42. The molecule has 0 spiro atoms. The van der Waals surface area contributed by atoms with Gasteiger partial charge in [-0.05, 0) is 63.3 Å². The Labute approximate surface area is 182 Å². The van der Waals surface area contributed by atoms with Crippen LogP contribution in [0, 0.1) is 6.92 Å². The first-order valence-corrected chi connectivity index (χ1v) is 11.2. The quantitative estimate of drug-likeness (QED) is 0.621. The van der Waals surface area contributed by atoms with Gasteiger partial charge in [-0.2, -0.15) is 4.98 Å². The van der Waals surface area contributed by atoms with E-state index in [0.29, 0.717) is 18.4 Å². The van der Waals surface area contributed by atoms with E-state index in [1.165, 1.54) is 5.69 Å². The minimum absolute atomic E-state index is 0.566. The van der Waals surface area contributed by atoms with Crippen LogP contribution in [0.5, 0.6) is 5.88 Å². The lowest BCUT2D eigenvalue weighted by Gasteiger charge is -2.34. The topological polar surface area (TPSA) is 56.8 Å². The molecule has 0 bridgehead atoms. The molecule has 1 aromatic carbocycles. The molecule has 1 fully saturated rings. The molecule has 30 heavy (non-hydrogen) atoms. The van der Waals surface area contributed by atoms with Crippen molar-refractivity contribution in [3.8, 4) is 5.88 Å². The summed E-state index contributed by atoms with van der Waals surface area (Å²) in [6, 6.07) is 8.51. The van der Waals surface area contributed by atoms with Crippen molar-refractivity contribution in [2.75, 3.05) is 70.7 Å². The molecule has 1 aliphatic rings. The van der Waals surface area contributed by atoms with Gasteiger partial charge in [0.15, 0.2) is 0 Å². The van der Waals surface area contributed by atoms with Gasteiger partial charge in [0, 0.05) is 44.1 Å². The highest BCUT2D eigenvalue weighted by atomic mass is 32.1. The Bertz CT molecular complexity index is 979. The van der Waals surface area contributed by atoms with Crippen molar-refractivity contribution in [3.63, 3.8) is 0 Å². The summed E-state index contributed by atoms with van der Waals surface area (Å²) in [6.07, 6.45) is 0. The summed E-state index contributed by atoms with van der Waals surface area (Å²) in [4.78, 5) is 17.2. The second kappa shape index (κ2) is 9.16. The Balaban J connectivity index is 1.50. The van der Waals surface area contributed by atoms with Gasteiger partial charge in [-0.25, -0.2) is 4.98 Å². The summed E-state index contributed by atoms with van der Waals surface area (Å²) in [5.41, 5.74) is 3.38. The van der Waals surface area contributed by atoms with Crippen LogP contribution in [0.4, 0.5) is 17.3 Å². The van der Waals surface area contributed by atoms with E-state index >= 15 is 0 Å². The molecule has 3 aromatic rings. The number of piperazine rings is 1. The zero-order valence-corrected chi connectivity index (χ0v) is 19.0. The van der Waals surface area contributed by atoms with Crippen molar-refractivity contribution in [3.05, 3.63) is 35.2 Å². The number of nitrogens with one attached hydrogen (secondary N) is 1. The third-order valence-corrected chi connectivity index (χ3v) is 6.34. The molecule has 4 rings (SSSR count). The maximum Gasteiger partial charge on any atom is 0.231 e. The number of nitrogens with zero attached hydrogens (tertiary/aromatic N) is 5. The number of ether oxygens (including phenoxy) is 1. The van der Waals surface area contributed by atoms with Crippen molar-refractivity contribution in [1.82, 2.24) is 19.8 Å². The lowest BCUT2D eigenvalue weighted by Crippen LogP contribution is -2.44. The van der Waals surface area contributed by atoms with E-state index in [2.05, 4.69) is 68.6 Å². The van der Waals surface area contributed by atoms with Crippen LogP contribution in [0.3, 0.4) is 0 Å². The summed E-state index contributed by atoms with van der Waals surface area (Å²) >= 11 is 1.62. The average molecular weight is 427 g/mol. The van der Waals surface area contributed by atoms with Gasteiger partial charge < -0.3 is 24.8 Å². The Morgan fingerprint density at radius 2 is 1.83 bits per heavy atom. The van der Waals surface area contributed by atoms with Gasteiger partial charge in [0.25, 0.3) is 0 Å². The van der Waals surface area contributed by atoms with Gasteiger partial charge in [-0.1, -0.05) is 0 Å². The summed E-state index contributed by atoms with van der Waals surface area (Å²) in [6.45, 7) is 7.84. The van der Waals surface area contributed by atoms with Crippen LogP contribution in [0.25, 0.3) is 10.2 Å². The lowest BCUT2D eigenvalue weighted by molar-refractivity contribution is 0.256. The highest BCUT2D eigenvalue weighted by Crippen LogP contribution is 2.32. The minimum Gasteiger partial charge on any atom is -0.476 e. The number of hydrogen-bond donors (Lipinski definition) is 1. The molecule has 0 unspecified atom stereocenters. The third kappa shape index (κ3) is 4.83. The van der Waals surface area contributed by atoms with Crippen molar-refractivity contribution < 1.29 is 4.74 Å². The van der Waals surface area contributed by atoms with E-state index in [1.807, 2.05) is 14.1 Å². The average Bonchev–Trinajstić information content (AvgIpc) is 3.10. The number of hydrogen-bond acceptors (Lipinski definition) is 8. The van der Waals surface area contributed by atoms with Gasteiger partial charge in [0.05, 0.1) is 5.39 Å². The van der Waals surface area contributed by atoms with Crippen LogP contribution in [0.2, 0.25) is 0 Å². The number of anilines is 3. The Morgan fingerprint density at radius 3 is 2.53 bits per heavy atom. The molecule has 0 aliphatic carbocycles. The van der Waals surface area contributed by atoms with E-state index < -0.39 is 0 Å². The molecule has 0 radical (unpaired) electrons. The smallest absolute Gasteiger partial charge is 0.231 e. The molecule has 0 atom stereocenters. The van der Waals surface area contributed by atoms with Crippen molar-refractivity contribution in [1.29, 1.82) is 0 Å². The number of benzene rings is 1. The second-order valence-electron chi connectivity index (χ2n) is 8.07. The van der Waals surface area contributed by atoms with E-state index in [0.717, 1.165) is 54.2 Å². The van der Waals surface area contributed by atoms with Gasteiger partial charge in [0.1, 0.15) is 11.4 Å². The highest BCUT2D eigenvalue weighted by Gasteiger charge is 2.15. The Morgan fingerprint density at radius 1 is 1.10 bits per heavy atom. The van der Waals surface area contributed by atoms with Crippen molar-refractivity contribution >= 4 is 38.9 Å². The molecule has 0 amide bonds. The molecule has 160 valence electrons. The van der Waals surface area contributed by atoms with E-state index in [-0.39, 0.29) is 0 Å². The standard InChI is InChI=1S/C22H30N6OS/c1-16-15-30-21-19(16)20(29-14-13-26(2)3)24-22(25-21)23-17-5-7-18(8-6-17)28-11-9-27(4)10-12-28/h5-8,15H,9-14H2,1-4H3,(H,23,24,25). The van der Waals surface area contributed by atoms with Crippen LogP contribution < -0.4 is 15.0 Å². The third-order valence-electron chi connectivity index (χ3n) is 5.35. The predicted octanol–water partition coefficient (Wildman–Crippen LogP) is 3.44. The maximum absolute atomic E-state index is 6.02. The first-order chi connectivity index (χ1) is 14.5. The SMILES string of the molecule is Cc1csc2nc(Nc3ccc(N4CCN(C)CC4)cc3)nc(OCCN(C)C)c12. The van der Waals surface area contributed by atoms with Crippen molar-refractivity contribution in [2.24, 2.45) is 0 Å². The number of rotatable bonds is 7. The van der Waals surface area contributed by atoms with Crippen LogP contribution in [0.15, 0.2) is 29.6 Å². The predicted molar refractivity (Wildman–Crippen MR) is 126 cm³/mol. The fourth-order valence-electron chi connectivity index (χ4n) is 3.48. The van der Waals surface area contributed by atoms with Crippen LogP contribution in [-0.2, 0) is 0 Å². The molecule has 2 aromatic heterocycles. The first kappa shape index (κ1) is 20.8. The molecule has 8 heteroatoms. The van der Waals surface area contributed by atoms with E-state index in [9.17, 15) is 0 Å². The van der Waals surface area contributed by atoms with Gasteiger partial charge in [-0.3, -0.25) is 0 Å². The summed E-state index contributed by atoms with van der Waals surface area (Å²) in [7, 11) is 6.25. The van der Waals surface area contributed by atoms with Gasteiger partial charge in [0.2, 0.25) is 11.8 Å². The van der Waals surface area contributed by atoms with Crippen LogP contribution in [-0.4, -0.2) is 80.2 Å². The van der Waals surface area contributed by atoms with Crippen molar-refractivity contribution in [2.45, 2.75) is 6.92 Å². The number of aryl methyl sites for hydroxylation is 1. The number of likely N-dealkylation sites (N-methyl/N-ethyl adjacent to an activating group) is 2. The minimum atomic E-state index is 0.566. The molecular formula is C22H30N6OS. The summed E-state index contributed by atoms with van der Waals surface area (Å²) < 4.78 is 6.02. The van der Waals surface area contributed by atoms with Gasteiger partial charge >= 0.3 is 0 Å². The summed E-state index contributed by atoms with van der Waals surface area (Å²) in [5, 5.41) is 6.46. The fraction of sp³-hybridized carbons (Fsp3) is 0.455. The number of thiophene rings is 1. The first-order valence-electron chi connectivity index (χ1n) is 10.3. The molecule has 1 N–H and O–H groups in total. The fourth-order valence-corrected chi connectivity index (χ4v) is 4.39. The second-order valence-corrected chi connectivity index (χ2v) is 8.92. The Kier molecular flexibility index (Phi) is 6.36. The van der Waals surface area contributed by atoms with Crippen LogP contribution in [0.1, 0.15) is 5.56 Å². The molecule has 1 saturated heterocycles. The highest BCUT2D eigenvalue weighted by molar-refractivity contribution is 7.17. The summed E-state index contributed by atoms with van der Waals surface area (Å²) in [5.74, 6) is 1.22. The number of aromatic nitrogens is 2. The van der Waals surface area contributed by atoms with E-state index in [1.54, 1.807) is 11.3 Å².